The van der Waals surface area contributed by atoms with Crippen LogP contribution >= 0.6 is 27.5 Å². The molecule has 1 aliphatic heterocycles. The number of halogens is 5. The van der Waals surface area contributed by atoms with E-state index in [0.717, 1.165) is 6.07 Å². The smallest absolute Gasteiger partial charge is 0.417 e. The van der Waals surface area contributed by atoms with Gasteiger partial charge in [-0.1, -0.05) is 15.9 Å². The van der Waals surface area contributed by atoms with Crippen LogP contribution in [0.1, 0.15) is 34.1 Å². The first kappa shape index (κ1) is 23.3. The largest absolute Gasteiger partial charge is 0.508 e. The molecule has 172 valence electrons. The lowest BCUT2D eigenvalue weighted by molar-refractivity contribution is -0.138. The number of rotatable bonds is 2. The first-order chi connectivity index (χ1) is 15.5. The van der Waals surface area contributed by atoms with Crippen LogP contribution in [-0.2, 0) is 19.1 Å². The second kappa shape index (κ2) is 8.49. The molecule has 3 aromatic rings. The molecule has 0 fully saturated rings. The number of phenolic OH excluding ortho intramolecular Hbond substituents is 1. The van der Waals surface area contributed by atoms with Crippen molar-refractivity contribution in [2.45, 2.75) is 32.1 Å². The van der Waals surface area contributed by atoms with Gasteiger partial charge >= 0.3 is 6.18 Å². The average molecular weight is 543 g/mol. The maximum absolute atomic E-state index is 13.3. The van der Waals surface area contributed by atoms with Gasteiger partial charge in [0.05, 0.1) is 23.5 Å². The number of amides is 1. The molecule has 2 aromatic carbocycles. The fourth-order valence-electron chi connectivity index (χ4n) is 3.77. The monoisotopic (exact) mass is 541 g/mol. The number of phenols is 1. The first-order valence-corrected chi connectivity index (χ1v) is 10.9. The molecule has 4 rings (SSSR count). The summed E-state index contributed by atoms with van der Waals surface area (Å²) in [6, 6.07) is 8.69. The number of alkyl halides is 3. The Labute approximate surface area is 199 Å². The summed E-state index contributed by atoms with van der Waals surface area (Å²) in [6.07, 6.45) is -4.46. The first-order valence-electron chi connectivity index (χ1n) is 9.74. The highest BCUT2D eigenvalue weighted by Crippen LogP contribution is 2.36. The zero-order valence-corrected chi connectivity index (χ0v) is 19.4. The summed E-state index contributed by atoms with van der Waals surface area (Å²) in [6.45, 7) is 1.64. The molecule has 0 radical (unpaired) electrons. The SMILES string of the molecule is CC1Cc2c(nc(Cl)n(-c3ccc(O)cc3)c2=O)CN1C(=O)c1ccc(Br)c(C(F)(F)F)c1. The predicted octanol–water partition coefficient (Wildman–Crippen LogP) is 4.96. The van der Waals surface area contributed by atoms with E-state index in [4.69, 9.17) is 11.6 Å². The van der Waals surface area contributed by atoms with E-state index < -0.39 is 29.2 Å². The molecule has 6 nitrogen and oxygen atoms in total. The van der Waals surface area contributed by atoms with Gasteiger partial charge < -0.3 is 10.0 Å². The number of aromatic nitrogens is 2. The van der Waals surface area contributed by atoms with Crippen LogP contribution in [0.25, 0.3) is 5.69 Å². The van der Waals surface area contributed by atoms with Gasteiger partial charge in [-0.15, -0.1) is 0 Å². The predicted molar refractivity (Wildman–Crippen MR) is 119 cm³/mol. The lowest BCUT2D eigenvalue weighted by Crippen LogP contribution is -2.45. The molecule has 0 aliphatic carbocycles. The summed E-state index contributed by atoms with van der Waals surface area (Å²) >= 11 is 9.14. The molecule has 33 heavy (non-hydrogen) atoms. The Balaban J connectivity index is 1.70. The molecule has 0 saturated heterocycles. The Kier molecular flexibility index (Phi) is 6.00. The topological polar surface area (TPSA) is 75.4 Å². The zero-order valence-electron chi connectivity index (χ0n) is 17.0. The van der Waals surface area contributed by atoms with Gasteiger partial charge in [0, 0.05) is 21.6 Å². The van der Waals surface area contributed by atoms with Crippen molar-refractivity contribution in [1.29, 1.82) is 0 Å². The molecular weight excluding hydrogens is 527 g/mol. The van der Waals surface area contributed by atoms with Crippen molar-refractivity contribution < 1.29 is 23.1 Å². The van der Waals surface area contributed by atoms with Crippen molar-refractivity contribution >= 4 is 33.4 Å². The summed E-state index contributed by atoms with van der Waals surface area (Å²) < 4.78 is 40.8. The van der Waals surface area contributed by atoms with Crippen LogP contribution in [0.5, 0.6) is 5.75 Å². The standard InChI is InChI=1S/C22H16BrClF3N3O3/c1-11-8-15-18(28-21(24)30(20(15)33)13-3-5-14(31)6-4-13)10-29(11)19(32)12-2-7-17(23)16(9-12)22(25,26)27/h2-7,9,11,31H,8,10H2,1H3. The quantitative estimate of drug-likeness (QED) is 0.465. The summed E-state index contributed by atoms with van der Waals surface area (Å²) in [5, 5.41) is 9.35. The number of fused-ring (bicyclic) bond motifs is 1. The summed E-state index contributed by atoms with van der Waals surface area (Å²) in [5.41, 5.74) is -0.396. The van der Waals surface area contributed by atoms with E-state index >= 15 is 0 Å². The van der Waals surface area contributed by atoms with E-state index in [1.54, 1.807) is 6.92 Å². The van der Waals surface area contributed by atoms with Gasteiger partial charge in [-0.25, -0.2) is 4.98 Å². The fourth-order valence-corrected chi connectivity index (χ4v) is 4.52. The molecule has 1 N–H and O–H groups in total. The highest BCUT2D eigenvalue weighted by Gasteiger charge is 2.36. The Morgan fingerprint density at radius 3 is 2.52 bits per heavy atom. The number of hydrogen-bond donors (Lipinski definition) is 1. The second-order valence-corrected chi connectivity index (χ2v) is 8.83. The van der Waals surface area contributed by atoms with Gasteiger partial charge in [0.2, 0.25) is 5.28 Å². The van der Waals surface area contributed by atoms with Crippen LogP contribution in [0.4, 0.5) is 13.2 Å². The summed E-state index contributed by atoms with van der Waals surface area (Å²) in [7, 11) is 0. The van der Waals surface area contributed by atoms with E-state index in [9.17, 15) is 27.9 Å². The van der Waals surface area contributed by atoms with E-state index in [-0.39, 0.29) is 34.0 Å². The highest BCUT2D eigenvalue weighted by molar-refractivity contribution is 9.10. The maximum atomic E-state index is 13.3. The van der Waals surface area contributed by atoms with Crippen molar-refractivity contribution in [2.24, 2.45) is 0 Å². The molecule has 2 heterocycles. The summed E-state index contributed by atoms with van der Waals surface area (Å²) in [4.78, 5) is 31.9. The van der Waals surface area contributed by atoms with Crippen LogP contribution in [0.15, 0.2) is 51.7 Å². The number of hydrogen-bond acceptors (Lipinski definition) is 4. The molecular formula is C22H16BrClF3N3O3. The lowest BCUT2D eigenvalue weighted by atomic mass is 9.98. The van der Waals surface area contributed by atoms with Crippen LogP contribution in [-0.4, -0.2) is 31.5 Å². The van der Waals surface area contributed by atoms with Crippen molar-refractivity contribution in [2.75, 3.05) is 0 Å². The number of aromatic hydroxyl groups is 1. The van der Waals surface area contributed by atoms with Crippen molar-refractivity contribution in [1.82, 2.24) is 14.5 Å². The van der Waals surface area contributed by atoms with Crippen molar-refractivity contribution in [3.05, 3.63) is 85.0 Å². The minimum atomic E-state index is -4.62. The average Bonchev–Trinajstić information content (AvgIpc) is 2.74. The molecule has 1 atom stereocenters. The lowest BCUT2D eigenvalue weighted by Gasteiger charge is -2.34. The Morgan fingerprint density at radius 2 is 1.88 bits per heavy atom. The van der Waals surface area contributed by atoms with Gasteiger partial charge in [0.15, 0.2) is 0 Å². The molecule has 1 aliphatic rings. The number of carbonyl (C=O) groups excluding carboxylic acids is 1. The minimum Gasteiger partial charge on any atom is -0.508 e. The van der Waals surface area contributed by atoms with Crippen LogP contribution in [0, 0.1) is 0 Å². The minimum absolute atomic E-state index is 0.0261. The molecule has 0 spiro atoms. The fraction of sp³-hybridized carbons (Fsp3) is 0.227. The molecule has 0 bridgehead atoms. The van der Waals surface area contributed by atoms with Crippen LogP contribution < -0.4 is 5.56 Å². The van der Waals surface area contributed by atoms with Gasteiger partial charge in [-0.3, -0.25) is 14.2 Å². The van der Waals surface area contributed by atoms with Gasteiger partial charge in [-0.2, -0.15) is 13.2 Å². The van der Waals surface area contributed by atoms with Crippen LogP contribution in [0.3, 0.4) is 0 Å². The maximum Gasteiger partial charge on any atom is 0.417 e. The van der Waals surface area contributed by atoms with E-state index in [2.05, 4.69) is 20.9 Å². The number of nitrogens with zero attached hydrogens (tertiary/aromatic N) is 3. The number of benzene rings is 2. The van der Waals surface area contributed by atoms with E-state index in [0.29, 0.717) is 16.9 Å². The molecule has 0 saturated carbocycles. The highest BCUT2D eigenvalue weighted by atomic mass is 79.9. The third kappa shape index (κ3) is 4.37. The van der Waals surface area contributed by atoms with Gasteiger partial charge in [0.1, 0.15) is 5.75 Å². The molecule has 1 amide bonds. The Morgan fingerprint density at radius 1 is 1.21 bits per heavy atom. The normalized spacial score (nSPS) is 15.9. The van der Waals surface area contributed by atoms with Crippen LogP contribution in [0.2, 0.25) is 5.28 Å². The number of carbonyl (C=O) groups is 1. The van der Waals surface area contributed by atoms with Crippen molar-refractivity contribution in [3.8, 4) is 11.4 Å². The van der Waals surface area contributed by atoms with E-state index in [1.807, 2.05) is 0 Å². The third-order valence-corrected chi connectivity index (χ3v) is 6.41. The van der Waals surface area contributed by atoms with Crippen molar-refractivity contribution in [3.63, 3.8) is 0 Å². The summed E-state index contributed by atoms with van der Waals surface area (Å²) in [5.74, 6) is -0.579. The van der Waals surface area contributed by atoms with Gasteiger partial charge in [0.25, 0.3) is 11.5 Å². The third-order valence-electron chi connectivity index (χ3n) is 5.46. The molecule has 1 aromatic heterocycles. The Hall–Kier alpha value is -2.85. The van der Waals surface area contributed by atoms with E-state index in [1.165, 1.54) is 45.9 Å². The molecule has 11 heteroatoms. The molecule has 1 unspecified atom stereocenters. The second-order valence-electron chi connectivity index (χ2n) is 7.64. The Bertz CT molecular complexity index is 1310. The zero-order chi connectivity index (χ0) is 24.1. The van der Waals surface area contributed by atoms with Gasteiger partial charge in [-0.05, 0) is 67.4 Å².